The van der Waals surface area contributed by atoms with Gasteiger partial charge in [-0.05, 0) is 37.1 Å². The summed E-state index contributed by atoms with van der Waals surface area (Å²) in [5.41, 5.74) is 0.934. The molecule has 0 fully saturated rings. The lowest BCUT2D eigenvalue weighted by Crippen LogP contribution is -2.22. The molecule has 0 bridgehead atoms. The number of rotatable bonds is 6. The Hall–Kier alpha value is -1.43. The van der Waals surface area contributed by atoms with Crippen LogP contribution in [0.1, 0.15) is 37.8 Å². The van der Waals surface area contributed by atoms with Crippen LogP contribution in [0.15, 0.2) is 18.2 Å². The Labute approximate surface area is 122 Å². The molecule has 21 heavy (non-hydrogen) atoms. The van der Waals surface area contributed by atoms with Gasteiger partial charge in [-0.3, -0.25) is 0 Å². The monoisotopic (exact) mass is 303 g/mol. The fraction of sp³-hybridized carbons (Fsp3) is 0.600. The number of alkyl halides is 3. The van der Waals surface area contributed by atoms with E-state index in [-0.39, 0.29) is 12.5 Å². The summed E-state index contributed by atoms with van der Waals surface area (Å²) in [6.45, 7) is 3.66. The van der Waals surface area contributed by atoms with Crippen molar-refractivity contribution < 1.29 is 22.6 Å². The van der Waals surface area contributed by atoms with Crippen molar-refractivity contribution in [1.82, 2.24) is 5.32 Å². The van der Waals surface area contributed by atoms with E-state index in [1.54, 1.807) is 0 Å². The molecule has 0 saturated heterocycles. The number of hydrogen-bond donors (Lipinski definition) is 1. The van der Waals surface area contributed by atoms with Gasteiger partial charge in [-0.1, -0.05) is 13.0 Å². The average Bonchev–Trinajstić information content (AvgIpc) is 2.44. The molecule has 6 heteroatoms. The Bertz CT molecular complexity index is 463. The Kier molecular flexibility index (Phi) is 5.33. The zero-order valence-electron chi connectivity index (χ0n) is 12.0. The second-order valence-electron chi connectivity index (χ2n) is 5.02. The van der Waals surface area contributed by atoms with Gasteiger partial charge in [0, 0.05) is 12.5 Å². The van der Waals surface area contributed by atoms with Gasteiger partial charge in [0.25, 0.3) is 0 Å². The van der Waals surface area contributed by atoms with Gasteiger partial charge in [-0.15, -0.1) is 0 Å². The van der Waals surface area contributed by atoms with E-state index < -0.39 is 12.6 Å². The number of fused-ring (bicyclic) bond motifs is 1. The second-order valence-corrected chi connectivity index (χ2v) is 5.02. The molecule has 118 valence electrons. The molecule has 1 atom stereocenters. The minimum Gasteiger partial charge on any atom is -0.486 e. The molecule has 0 aromatic heterocycles. The van der Waals surface area contributed by atoms with E-state index in [0.29, 0.717) is 37.7 Å². The minimum atomic E-state index is -4.09. The molecule has 0 aliphatic carbocycles. The van der Waals surface area contributed by atoms with E-state index in [1.807, 2.05) is 25.1 Å². The van der Waals surface area contributed by atoms with Crippen LogP contribution in [0.5, 0.6) is 11.5 Å². The van der Waals surface area contributed by atoms with Gasteiger partial charge >= 0.3 is 6.18 Å². The smallest absolute Gasteiger partial charge is 0.389 e. The summed E-state index contributed by atoms with van der Waals surface area (Å²) in [7, 11) is 0. The van der Waals surface area contributed by atoms with E-state index in [9.17, 15) is 13.2 Å². The lowest BCUT2D eigenvalue weighted by molar-refractivity contribution is -0.135. The van der Waals surface area contributed by atoms with Crippen LogP contribution < -0.4 is 14.8 Å². The molecule has 2 rings (SSSR count). The normalized spacial score (nSPS) is 15.8. The van der Waals surface area contributed by atoms with Crippen LogP contribution in [0.2, 0.25) is 0 Å². The number of nitrogens with one attached hydrogen (secondary N) is 1. The van der Waals surface area contributed by atoms with Gasteiger partial charge < -0.3 is 14.8 Å². The van der Waals surface area contributed by atoms with Crippen molar-refractivity contribution in [2.45, 2.75) is 38.4 Å². The minimum absolute atomic E-state index is 0.104. The van der Waals surface area contributed by atoms with Crippen LogP contribution in [0, 0.1) is 0 Å². The van der Waals surface area contributed by atoms with Crippen LogP contribution >= 0.6 is 0 Å². The third-order valence-electron chi connectivity index (χ3n) is 3.37. The highest BCUT2D eigenvalue weighted by Gasteiger charge is 2.27. The lowest BCUT2D eigenvalue weighted by atomic mass is 10.00. The Morgan fingerprint density at radius 3 is 2.57 bits per heavy atom. The average molecular weight is 303 g/mol. The van der Waals surface area contributed by atoms with Crippen LogP contribution in [0.25, 0.3) is 0 Å². The molecule has 1 N–H and O–H groups in total. The second kappa shape index (κ2) is 7.02. The molecule has 1 aromatic carbocycles. The van der Waals surface area contributed by atoms with Crippen LogP contribution in [-0.4, -0.2) is 25.9 Å². The molecule has 1 aliphatic heterocycles. The Balaban J connectivity index is 2.03. The highest BCUT2D eigenvalue weighted by molar-refractivity contribution is 5.44. The fourth-order valence-corrected chi connectivity index (χ4v) is 2.42. The molecule has 0 radical (unpaired) electrons. The molecule has 1 aromatic rings. The summed E-state index contributed by atoms with van der Waals surface area (Å²) in [5.74, 6) is 1.35. The number of ether oxygens (including phenoxy) is 2. The van der Waals surface area contributed by atoms with Gasteiger partial charge in [-0.2, -0.15) is 13.2 Å². The van der Waals surface area contributed by atoms with Gasteiger partial charge in [0.05, 0.1) is 0 Å². The maximum absolute atomic E-state index is 12.3. The van der Waals surface area contributed by atoms with E-state index in [1.165, 1.54) is 0 Å². The maximum Gasteiger partial charge on any atom is 0.389 e. The molecular formula is C15H20F3NO2. The SMILES string of the molecule is CCNC(CCCC(F)(F)F)c1ccc2c(c1)OCCO2. The summed E-state index contributed by atoms with van der Waals surface area (Å²) in [5, 5.41) is 3.23. The predicted octanol–water partition coefficient (Wildman–Crippen LogP) is 3.84. The van der Waals surface area contributed by atoms with Crippen LogP contribution in [-0.2, 0) is 0 Å². The molecule has 1 heterocycles. The van der Waals surface area contributed by atoms with Crippen molar-refractivity contribution in [1.29, 1.82) is 0 Å². The number of hydrogen-bond acceptors (Lipinski definition) is 3. The van der Waals surface area contributed by atoms with Crippen molar-refractivity contribution >= 4 is 0 Å². The topological polar surface area (TPSA) is 30.5 Å². The quantitative estimate of drug-likeness (QED) is 0.866. The summed E-state index contributed by atoms with van der Waals surface area (Å²) in [4.78, 5) is 0. The van der Waals surface area contributed by atoms with E-state index >= 15 is 0 Å². The molecule has 1 unspecified atom stereocenters. The van der Waals surface area contributed by atoms with E-state index in [2.05, 4.69) is 5.32 Å². The molecule has 0 saturated carbocycles. The first-order valence-electron chi connectivity index (χ1n) is 7.19. The zero-order chi connectivity index (χ0) is 15.3. The fourth-order valence-electron chi connectivity index (χ4n) is 2.42. The summed E-state index contributed by atoms with van der Waals surface area (Å²) in [6.07, 6.45) is -4.30. The van der Waals surface area contributed by atoms with Crippen molar-refractivity contribution in [2.24, 2.45) is 0 Å². The molecular weight excluding hydrogens is 283 g/mol. The maximum atomic E-state index is 12.3. The van der Waals surface area contributed by atoms with Gasteiger partial charge in [0.1, 0.15) is 13.2 Å². The highest BCUT2D eigenvalue weighted by atomic mass is 19.4. The van der Waals surface area contributed by atoms with E-state index in [4.69, 9.17) is 9.47 Å². The van der Waals surface area contributed by atoms with Crippen molar-refractivity contribution in [3.05, 3.63) is 23.8 Å². The zero-order valence-corrected chi connectivity index (χ0v) is 12.0. The van der Waals surface area contributed by atoms with Crippen molar-refractivity contribution in [3.63, 3.8) is 0 Å². The molecule has 1 aliphatic rings. The van der Waals surface area contributed by atoms with Crippen LogP contribution in [0.3, 0.4) is 0 Å². The molecule has 3 nitrogen and oxygen atoms in total. The number of halogens is 3. The van der Waals surface area contributed by atoms with Crippen molar-refractivity contribution in [3.8, 4) is 11.5 Å². The van der Waals surface area contributed by atoms with Crippen molar-refractivity contribution in [2.75, 3.05) is 19.8 Å². The molecule has 0 spiro atoms. The summed E-state index contributed by atoms with van der Waals surface area (Å²) >= 11 is 0. The first-order valence-corrected chi connectivity index (χ1v) is 7.19. The predicted molar refractivity (Wildman–Crippen MR) is 73.8 cm³/mol. The highest BCUT2D eigenvalue weighted by Crippen LogP contribution is 2.34. The van der Waals surface area contributed by atoms with E-state index in [0.717, 1.165) is 5.56 Å². The summed E-state index contributed by atoms with van der Waals surface area (Å²) < 4.78 is 47.8. The van der Waals surface area contributed by atoms with Gasteiger partial charge in [-0.25, -0.2) is 0 Å². The first-order chi connectivity index (χ1) is 9.99. The third-order valence-corrected chi connectivity index (χ3v) is 3.37. The van der Waals surface area contributed by atoms with Gasteiger partial charge in [0.15, 0.2) is 11.5 Å². The third kappa shape index (κ3) is 4.81. The largest absolute Gasteiger partial charge is 0.486 e. The standard InChI is InChI=1S/C15H20F3NO2/c1-2-19-12(4-3-7-15(16,17)18)11-5-6-13-14(10-11)21-9-8-20-13/h5-6,10,12,19H,2-4,7-9H2,1H3. The summed E-state index contributed by atoms with van der Waals surface area (Å²) in [6, 6.07) is 5.45. The lowest BCUT2D eigenvalue weighted by Gasteiger charge is -2.23. The Morgan fingerprint density at radius 1 is 1.19 bits per heavy atom. The van der Waals surface area contributed by atoms with Gasteiger partial charge in [0.2, 0.25) is 0 Å². The first kappa shape index (κ1) is 15.9. The Morgan fingerprint density at radius 2 is 1.90 bits per heavy atom. The number of benzene rings is 1. The molecule has 0 amide bonds. The van der Waals surface area contributed by atoms with Crippen LogP contribution in [0.4, 0.5) is 13.2 Å².